The Morgan fingerprint density at radius 3 is 2.37 bits per heavy atom. The molecule has 0 spiro atoms. The SMILES string of the molecule is CC(N)CCCC(=O)NC(c1ccccc1)C(C)C. The predicted octanol–water partition coefficient (Wildman–Crippen LogP) is 3.02. The van der Waals surface area contributed by atoms with E-state index < -0.39 is 0 Å². The number of nitrogens with one attached hydrogen (secondary N) is 1. The molecule has 1 aromatic carbocycles. The molecule has 0 saturated heterocycles. The minimum absolute atomic E-state index is 0.0870. The van der Waals surface area contributed by atoms with Gasteiger partial charge in [0.2, 0.25) is 5.91 Å². The smallest absolute Gasteiger partial charge is 0.220 e. The van der Waals surface area contributed by atoms with Crippen LogP contribution in [0.3, 0.4) is 0 Å². The zero-order valence-electron chi connectivity index (χ0n) is 12.2. The Balaban J connectivity index is 2.53. The molecule has 2 unspecified atom stereocenters. The van der Waals surface area contributed by atoms with Gasteiger partial charge in [-0.15, -0.1) is 0 Å². The van der Waals surface area contributed by atoms with Crippen LogP contribution < -0.4 is 11.1 Å². The summed E-state index contributed by atoms with van der Waals surface area (Å²) in [6, 6.07) is 10.4. The highest BCUT2D eigenvalue weighted by atomic mass is 16.1. The molecule has 0 aliphatic heterocycles. The van der Waals surface area contributed by atoms with Gasteiger partial charge in [0.1, 0.15) is 0 Å². The highest BCUT2D eigenvalue weighted by Gasteiger charge is 2.17. The largest absolute Gasteiger partial charge is 0.349 e. The van der Waals surface area contributed by atoms with Crippen LogP contribution >= 0.6 is 0 Å². The second-order valence-corrected chi connectivity index (χ2v) is 5.57. The lowest BCUT2D eigenvalue weighted by atomic mass is 9.96. The van der Waals surface area contributed by atoms with E-state index in [-0.39, 0.29) is 18.0 Å². The molecule has 0 aliphatic rings. The summed E-state index contributed by atoms with van der Waals surface area (Å²) in [5, 5.41) is 3.13. The summed E-state index contributed by atoms with van der Waals surface area (Å²) in [5.41, 5.74) is 6.85. The molecule has 19 heavy (non-hydrogen) atoms. The first-order valence-corrected chi connectivity index (χ1v) is 7.10. The third-order valence-electron chi connectivity index (χ3n) is 3.21. The van der Waals surface area contributed by atoms with Gasteiger partial charge in [0.05, 0.1) is 6.04 Å². The third kappa shape index (κ3) is 5.88. The third-order valence-corrected chi connectivity index (χ3v) is 3.21. The molecule has 0 aliphatic carbocycles. The molecule has 0 bridgehead atoms. The van der Waals surface area contributed by atoms with E-state index in [0.29, 0.717) is 12.3 Å². The van der Waals surface area contributed by atoms with Crippen molar-refractivity contribution >= 4 is 5.91 Å². The van der Waals surface area contributed by atoms with E-state index in [1.165, 1.54) is 0 Å². The fourth-order valence-electron chi connectivity index (χ4n) is 2.13. The second kappa shape index (κ2) is 7.95. The number of nitrogens with two attached hydrogens (primary N) is 1. The molecule has 1 amide bonds. The molecule has 0 saturated carbocycles. The topological polar surface area (TPSA) is 55.1 Å². The van der Waals surface area contributed by atoms with Crippen molar-refractivity contribution in [2.75, 3.05) is 0 Å². The quantitative estimate of drug-likeness (QED) is 0.793. The lowest BCUT2D eigenvalue weighted by Crippen LogP contribution is -2.31. The monoisotopic (exact) mass is 262 g/mol. The van der Waals surface area contributed by atoms with Crippen molar-refractivity contribution in [1.29, 1.82) is 0 Å². The molecule has 1 aromatic rings. The zero-order valence-corrected chi connectivity index (χ0v) is 12.2. The molecular formula is C16H26N2O. The standard InChI is InChI=1S/C16H26N2O/c1-12(2)16(14-9-5-4-6-10-14)18-15(19)11-7-8-13(3)17/h4-6,9-10,12-13,16H,7-8,11,17H2,1-3H3,(H,18,19). The Morgan fingerprint density at radius 2 is 1.84 bits per heavy atom. The Morgan fingerprint density at radius 1 is 1.21 bits per heavy atom. The number of carbonyl (C=O) groups excluding carboxylic acids is 1. The molecule has 0 radical (unpaired) electrons. The zero-order chi connectivity index (χ0) is 14.3. The molecule has 0 fully saturated rings. The summed E-state index contributed by atoms with van der Waals surface area (Å²) in [6.07, 6.45) is 2.30. The fraction of sp³-hybridized carbons (Fsp3) is 0.562. The number of rotatable bonds is 7. The minimum Gasteiger partial charge on any atom is -0.349 e. The van der Waals surface area contributed by atoms with Crippen LogP contribution in [-0.2, 0) is 4.79 Å². The molecule has 0 heterocycles. The van der Waals surface area contributed by atoms with Gasteiger partial charge in [-0.3, -0.25) is 4.79 Å². The van der Waals surface area contributed by atoms with Gasteiger partial charge in [-0.2, -0.15) is 0 Å². The van der Waals surface area contributed by atoms with Crippen LogP contribution in [0.25, 0.3) is 0 Å². The van der Waals surface area contributed by atoms with Gasteiger partial charge in [-0.1, -0.05) is 44.2 Å². The van der Waals surface area contributed by atoms with E-state index in [2.05, 4.69) is 31.3 Å². The van der Waals surface area contributed by atoms with E-state index in [1.54, 1.807) is 0 Å². The summed E-state index contributed by atoms with van der Waals surface area (Å²) in [4.78, 5) is 12.0. The van der Waals surface area contributed by atoms with Gasteiger partial charge in [-0.25, -0.2) is 0 Å². The normalized spacial score (nSPS) is 14.2. The Labute approximate surface area is 116 Å². The maximum Gasteiger partial charge on any atom is 0.220 e. The van der Waals surface area contributed by atoms with Gasteiger partial charge < -0.3 is 11.1 Å². The van der Waals surface area contributed by atoms with Crippen LogP contribution in [0.1, 0.15) is 51.6 Å². The van der Waals surface area contributed by atoms with Crippen molar-refractivity contribution in [3.8, 4) is 0 Å². The predicted molar refractivity (Wildman–Crippen MR) is 79.7 cm³/mol. The molecule has 3 N–H and O–H groups in total. The molecule has 3 heteroatoms. The van der Waals surface area contributed by atoms with Gasteiger partial charge in [0.15, 0.2) is 0 Å². The van der Waals surface area contributed by atoms with Gasteiger partial charge >= 0.3 is 0 Å². The molecule has 3 nitrogen and oxygen atoms in total. The summed E-state index contributed by atoms with van der Waals surface area (Å²) in [5.74, 6) is 0.489. The number of amides is 1. The maximum absolute atomic E-state index is 12.0. The maximum atomic E-state index is 12.0. The lowest BCUT2D eigenvalue weighted by molar-refractivity contribution is -0.122. The number of hydrogen-bond acceptors (Lipinski definition) is 2. The lowest BCUT2D eigenvalue weighted by Gasteiger charge is -2.23. The molecule has 1 rings (SSSR count). The van der Waals surface area contributed by atoms with Crippen LogP contribution in [-0.4, -0.2) is 11.9 Å². The van der Waals surface area contributed by atoms with Crippen LogP contribution in [0.2, 0.25) is 0 Å². The summed E-state index contributed by atoms with van der Waals surface area (Å²) in [6.45, 7) is 6.22. The number of carbonyl (C=O) groups is 1. The van der Waals surface area contributed by atoms with Crippen molar-refractivity contribution in [2.45, 2.75) is 52.1 Å². The summed E-state index contributed by atoms with van der Waals surface area (Å²) < 4.78 is 0. The van der Waals surface area contributed by atoms with Crippen molar-refractivity contribution in [3.63, 3.8) is 0 Å². The van der Waals surface area contributed by atoms with Gasteiger partial charge in [0, 0.05) is 12.5 Å². The second-order valence-electron chi connectivity index (χ2n) is 5.57. The average molecular weight is 262 g/mol. The van der Waals surface area contributed by atoms with Gasteiger partial charge in [-0.05, 0) is 31.2 Å². The van der Waals surface area contributed by atoms with Crippen molar-refractivity contribution in [1.82, 2.24) is 5.32 Å². The highest BCUT2D eigenvalue weighted by molar-refractivity contribution is 5.76. The van der Waals surface area contributed by atoms with E-state index in [4.69, 9.17) is 5.73 Å². The van der Waals surface area contributed by atoms with E-state index in [0.717, 1.165) is 18.4 Å². The van der Waals surface area contributed by atoms with Crippen LogP contribution in [0.4, 0.5) is 0 Å². The molecule has 2 atom stereocenters. The van der Waals surface area contributed by atoms with Crippen LogP contribution in [0, 0.1) is 5.92 Å². The van der Waals surface area contributed by atoms with E-state index in [9.17, 15) is 4.79 Å². The Bertz CT molecular complexity index is 374. The van der Waals surface area contributed by atoms with Gasteiger partial charge in [0.25, 0.3) is 0 Å². The first-order valence-electron chi connectivity index (χ1n) is 7.10. The van der Waals surface area contributed by atoms with E-state index in [1.807, 2.05) is 25.1 Å². The molecule has 0 aromatic heterocycles. The van der Waals surface area contributed by atoms with Crippen molar-refractivity contribution in [2.24, 2.45) is 11.7 Å². The highest BCUT2D eigenvalue weighted by Crippen LogP contribution is 2.21. The van der Waals surface area contributed by atoms with Crippen LogP contribution in [0.15, 0.2) is 30.3 Å². The number of hydrogen-bond donors (Lipinski definition) is 2. The Kier molecular flexibility index (Phi) is 6.57. The van der Waals surface area contributed by atoms with Crippen LogP contribution in [0.5, 0.6) is 0 Å². The first kappa shape index (κ1) is 15.7. The summed E-state index contributed by atoms with van der Waals surface area (Å²) >= 11 is 0. The average Bonchev–Trinajstić information content (AvgIpc) is 2.36. The Hall–Kier alpha value is -1.35. The molecular weight excluding hydrogens is 236 g/mol. The summed E-state index contributed by atoms with van der Waals surface area (Å²) in [7, 11) is 0. The van der Waals surface area contributed by atoms with Crippen molar-refractivity contribution < 1.29 is 4.79 Å². The molecule has 106 valence electrons. The minimum atomic E-state index is 0.0870. The number of benzene rings is 1. The van der Waals surface area contributed by atoms with Crippen molar-refractivity contribution in [3.05, 3.63) is 35.9 Å². The van der Waals surface area contributed by atoms with E-state index >= 15 is 0 Å². The fourth-order valence-corrected chi connectivity index (χ4v) is 2.13. The first-order chi connectivity index (χ1) is 9.00.